The van der Waals surface area contributed by atoms with E-state index in [0.717, 1.165) is 42.0 Å². The largest absolute Gasteiger partial charge is 0.497 e. The van der Waals surface area contributed by atoms with Gasteiger partial charge in [-0.05, 0) is 51.7 Å². The molecule has 9 heteroatoms. The van der Waals surface area contributed by atoms with Crippen molar-refractivity contribution in [2.24, 2.45) is 12.0 Å². The molecule has 1 aliphatic carbocycles. The molecule has 32 heavy (non-hydrogen) atoms. The first-order valence-corrected chi connectivity index (χ1v) is 11.0. The lowest BCUT2D eigenvalue weighted by atomic mass is 10.00. The van der Waals surface area contributed by atoms with Crippen LogP contribution >= 0.6 is 24.0 Å². The molecule has 0 saturated heterocycles. The number of nitrogens with one attached hydrogen (secondary N) is 2. The van der Waals surface area contributed by atoms with E-state index in [0.29, 0.717) is 19.0 Å². The Bertz CT molecular complexity index is 878. The monoisotopic (exact) mass is 557 g/mol. The molecule has 0 amide bonds. The molecule has 1 aromatic carbocycles. The van der Waals surface area contributed by atoms with Gasteiger partial charge < -0.3 is 25.2 Å². The van der Waals surface area contributed by atoms with Crippen molar-refractivity contribution in [1.82, 2.24) is 20.4 Å². The molecule has 1 heterocycles. The maximum absolute atomic E-state index is 10.8. The molecule has 0 aliphatic heterocycles. The van der Waals surface area contributed by atoms with Crippen molar-refractivity contribution in [2.75, 3.05) is 20.2 Å². The van der Waals surface area contributed by atoms with Gasteiger partial charge in [-0.1, -0.05) is 0 Å². The standard InChI is InChI=1S/C23H35N5O3.HI/c1-5-24-22(26-16-23(2,29)18-14-27-28(3)15-18)25-13-17-10-11-20(30-4)12-21(17)31-19-8-6-7-9-19;/h10-12,14-15,19,29H,5-9,13,16H2,1-4H3,(H2,24,25,26);1H. The van der Waals surface area contributed by atoms with Gasteiger partial charge in [-0.2, -0.15) is 5.10 Å². The molecular weight excluding hydrogens is 521 g/mol. The van der Waals surface area contributed by atoms with Crippen LogP contribution in [0.15, 0.2) is 35.6 Å². The number of methoxy groups -OCH3 is 1. The van der Waals surface area contributed by atoms with Crippen molar-refractivity contribution in [3.63, 3.8) is 0 Å². The highest BCUT2D eigenvalue weighted by Crippen LogP contribution is 2.30. The molecule has 1 saturated carbocycles. The van der Waals surface area contributed by atoms with Crippen LogP contribution in [0.4, 0.5) is 0 Å². The lowest BCUT2D eigenvalue weighted by molar-refractivity contribution is 0.0616. The summed E-state index contributed by atoms with van der Waals surface area (Å²) < 4.78 is 13.3. The summed E-state index contributed by atoms with van der Waals surface area (Å²) in [6.07, 6.45) is 8.36. The molecule has 0 spiro atoms. The third-order valence-electron chi connectivity index (χ3n) is 5.55. The molecule has 3 N–H and O–H groups in total. The minimum atomic E-state index is -1.07. The number of aromatic nitrogens is 2. The third-order valence-corrected chi connectivity index (χ3v) is 5.55. The Morgan fingerprint density at radius 2 is 2.06 bits per heavy atom. The molecule has 8 nitrogen and oxygen atoms in total. The van der Waals surface area contributed by atoms with Crippen LogP contribution in [0.5, 0.6) is 11.5 Å². The molecule has 1 aliphatic rings. The van der Waals surface area contributed by atoms with Gasteiger partial charge in [-0.25, -0.2) is 4.99 Å². The summed E-state index contributed by atoms with van der Waals surface area (Å²) in [5.74, 6) is 2.24. The van der Waals surface area contributed by atoms with Crippen LogP contribution < -0.4 is 20.1 Å². The van der Waals surface area contributed by atoms with E-state index in [1.54, 1.807) is 24.9 Å². The molecule has 2 aromatic rings. The predicted octanol–water partition coefficient (Wildman–Crippen LogP) is 3.33. The van der Waals surface area contributed by atoms with Gasteiger partial charge >= 0.3 is 0 Å². The summed E-state index contributed by atoms with van der Waals surface area (Å²) in [4.78, 5) is 4.72. The molecule has 1 fully saturated rings. The predicted molar refractivity (Wildman–Crippen MR) is 137 cm³/mol. The average molecular weight is 557 g/mol. The van der Waals surface area contributed by atoms with Gasteiger partial charge in [0.05, 0.1) is 32.5 Å². The van der Waals surface area contributed by atoms with E-state index >= 15 is 0 Å². The van der Waals surface area contributed by atoms with Crippen LogP contribution in [0.25, 0.3) is 0 Å². The zero-order chi connectivity index (χ0) is 22.3. The number of nitrogens with zero attached hydrogens (tertiary/aromatic N) is 3. The van der Waals surface area contributed by atoms with E-state index in [2.05, 4.69) is 15.7 Å². The van der Waals surface area contributed by atoms with Gasteiger partial charge in [-0.15, -0.1) is 24.0 Å². The van der Waals surface area contributed by atoms with Crippen LogP contribution in [-0.2, 0) is 19.2 Å². The smallest absolute Gasteiger partial charge is 0.191 e. The third kappa shape index (κ3) is 7.26. The zero-order valence-electron chi connectivity index (χ0n) is 19.4. The van der Waals surface area contributed by atoms with Gasteiger partial charge in [0.2, 0.25) is 0 Å². The van der Waals surface area contributed by atoms with Crippen molar-refractivity contribution in [1.29, 1.82) is 0 Å². The lowest BCUT2D eigenvalue weighted by Gasteiger charge is -2.24. The number of aliphatic hydroxyl groups is 1. The number of hydrogen-bond acceptors (Lipinski definition) is 5. The van der Waals surface area contributed by atoms with Crippen LogP contribution in [-0.4, -0.2) is 47.1 Å². The summed E-state index contributed by atoms with van der Waals surface area (Å²) in [7, 11) is 3.49. The van der Waals surface area contributed by atoms with Crippen molar-refractivity contribution in [2.45, 2.75) is 57.8 Å². The summed E-state index contributed by atoms with van der Waals surface area (Å²) in [6.45, 7) is 5.25. The molecule has 0 radical (unpaired) electrons. The summed E-state index contributed by atoms with van der Waals surface area (Å²) in [5.41, 5.74) is 0.686. The second kappa shape index (κ2) is 12.3. The maximum atomic E-state index is 10.8. The second-order valence-electron chi connectivity index (χ2n) is 8.22. The molecular formula is C23H36IN5O3. The fourth-order valence-electron chi connectivity index (χ4n) is 3.65. The highest BCUT2D eigenvalue weighted by Gasteiger charge is 2.25. The Kier molecular flexibility index (Phi) is 10.1. The quantitative estimate of drug-likeness (QED) is 0.249. The average Bonchev–Trinajstić information content (AvgIpc) is 3.43. The fraction of sp³-hybridized carbons (Fsp3) is 0.565. The Morgan fingerprint density at radius 3 is 2.69 bits per heavy atom. The Hall–Kier alpha value is -2.01. The van der Waals surface area contributed by atoms with E-state index in [4.69, 9.17) is 14.5 Å². The highest BCUT2D eigenvalue weighted by molar-refractivity contribution is 14.0. The van der Waals surface area contributed by atoms with Crippen LogP contribution in [0.3, 0.4) is 0 Å². The number of hydrogen-bond donors (Lipinski definition) is 3. The molecule has 3 rings (SSSR count). The van der Waals surface area contributed by atoms with Crippen molar-refractivity contribution in [3.05, 3.63) is 41.7 Å². The van der Waals surface area contributed by atoms with Gasteiger partial charge in [-0.3, -0.25) is 4.68 Å². The SMILES string of the molecule is CCNC(=NCc1ccc(OC)cc1OC1CCCC1)NCC(C)(O)c1cnn(C)c1.I. The Morgan fingerprint density at radius 1 is 1.31 bits per heavy atom. The molecule has 0 bridgehead atoms. The first-order valence-electron chi connectivity index (χ1n) is 11.0. The molecule has 1 atom stereocenters. The number of aliphatic imine (C=N–C) groups is 1. The number of aryl methyl sites for hydroxylation is 1. The minimum absolute atomic E-state index is 0. The first-order chi connectivity index (χ1) is 14.9. The maximum Gasteiger partial charge on any atom is 0.191 e. The van der Waals surface area contributed by atoms with Crippen molar-refractivity contribution < 1.29 is 14.6 Å². The van der Waals surface area contributed by atoms with E-state index < -0.39 is 5.60 Å². The van der Waals surface area contributed by atoms with E-state index in [-0.39, 0.29) is 30.1 Å². The number of guanidine groups is 1. The Balaban J connectivity index is 0.00000363. The van der Waals surface area contributed by atoms with Gasteiger partial charge in [0.25, 0.3) is 0 Å². The van der Waals surface area contributed by atoms with E-state index in [9.17, 15) is 5.11 Å². The molecule has 178 valence electrons. The molecule has 1 aromatic heterocycles. The number of benzene rings is 1. The summed E-state index contributed by atoms with van der Waals surface area (Å²) in [6, 6.07) is 5.87. The number of rotatable bonds is 9. The van der Waals surface area contributed by atoms with Crippen LogP contribution in [0, 0.1) is 0 Å². The highest BCUT2D eigenvalue weighted by atomic mass is 127. The first kappa shape index (κ1) is 26.2. The zero-order valence-corrected chi connectivity index (χ0v) is 21.8. The lowest BCUT2D eigenvalue weighted by Crippen LogP contribution is -2.44. The second-order valence-corrected chi connectivity index (χ2v) is 8.22. The van der Waals surface area contributed by atoms with Crippen molar-refractivity contribution in [3.8, 4) is 11.5 Å². The molecule has 1 unspecified atom stereocenters. The number of ether oxygens (including phenoxy) is 2. The van der Waals surface area contributed by atoms with Gasteiger partial charge in [0.15, 0.2) is 5.96 Å². The topological polar surface area (TPSA) is 92.9 Å². The van der Waals surface area contributed by atoms with Crippen LogP contribution in [0.2, 0.25) is 0 Å². The minimum Gasteiger partial charge on any atom is -0.497 e. The van der Waals surface area contributed by atoms with E-state index in [1.165, 1.54) is 12.8 Å². The van der Waals surface area contributed by atoms with Gasteiger partial charge in [0, 0.05) is 37.0 Å². The fourth-order valence-corrected chi connectivity index (χ4v) is 3.65. The van der Waals surface area contributed by atoms with Crippen molar-refractivity contribution >= 4 is 29.9 Å². The number of halogens is 1. The van der Waals surface area contributed by atoms with Gasteiger partial charge in [0.1, 0.15) is 17.1 Å². The Labute approximate surface area is 207 Å². The van der Waals surface area contributed by atoms with Crippen LogP contribution in [0.1, 0.15) is 50.7 Å². The van der Waals surface area contributed by atoms with E-state index in [1.807, 2.05) is 38.4 Å². The summed E-state index contributed by atoms with van der Waals surface area (Å²) in [5, 5.41) is 21.5. The normalized spacial score (nSPS) is 16.2. The summed E-state index contributed by atoms with van der Waals surface area (Å²) >= 11 is 0.